The number of aromatic nitrogens is 2. The highest BCUT2D eigenvalue weighted by Crippen LogP contribution is 2.43. The molecule has 37 heavy (non-hydrogen) atoms. The molecule has 4 aromatic rings. The molecule has 0 aliphatic carbocycles. The number of nitrogens with zero attached hydrogens (tertiary/aromatic N) is 3. The zero-order valence-electron chi connectivity index (χ0n) is 19.9. The second kappa shape index (κ2) is 9.98. The van der Waals surface area contributed by atoms with Gasteiger partial charge >= 0.3 is 0 Å². The van der Waals surface area contributed by atoms with E-state index in [0.717, 1.165) is 34.6 Å². The van der Waals surface area contributed by atoms with Crippen LogP contribution in [0.1, 0.15) is 29.0 Å². The summed E-state index contributed by atoms with van der Waals surface area (Å²) in [6.07, 6.45) is 4.83. The highest BCUT2D eigenvalue weighted by molar-refractivity contribution is 7.92. The van der Waals surface area contributed by atoms with E-state index in [4.69, 9.17) is 35.4 Å². The van der Waals surface area contributed by atoms with Crippen LogP contribution < -0.4 is 14.9 Å². The Labute approximate surface area is 231 Å². The topological polar surface area (TPSA) is 79.3 Å². The predicted octanol–water partition coefficient (Wildman–Crippen LogP) is 6.04. The summed E-state index contributed by atoms with van der Waals surface area (Å²) in [6, 6.07) is 20.1. The Hall–Kier alpha value is -3.11. The molecule has 11 heteroatoms. The largest absolute Gasteiger partial charge is 0.351 e. The average Bonchev–Trinajstić information content (AvgIpc) is 3.44. The molecular formula is C26H23Cl2N5O2S2. The number of anilines is 2. The Morgan fingerprint density at radius 1 is 1.05 bits per heavy atom. The summed E-state index contributed by atoms with van der Waals surface area (Å²) in [7, 11) is -3.41. The third kappa shape index (κ3) is 5.17. The van der Waals surface area contributed by atoms with Gasteiger partial charge in [0.25, 0.3) is 0 Å². The fourth-order valence-corrected chi connectivity index (χ4v) is 6.05. The molecule has 1 saturated heterocycles. The van der Waals surface area contributed by atoms with Gasteiger partial charge in [-0.3, -0.25) is 9.71 Å². The summed E-state index contributed by atoms with van der Waals surface area (Å²) in [5, 5.41) is 5.05. The van der Waals surface area contributed by atoms with Crippen molar-refractivity contribution < 1.29 is 8.42 Å². The lowest BCUT2D eigenvalue weighted by Gasteiger charge is -2.29. The molecule has 5 rings (SSSR count). The van der Waals surface area contributed by atoms with Gasteiger partial charge in [0.1, 0.15) is 6.04 Å². The molecule has 2 N–H and O–H groups in total. The Bertz CT molecular complexity index is 1590. The maximum absolute atomic E-state index is 11.8. The first kappa shape index (κ1) is 25.5. The van der Waals surface area contributed by atoms with E-state index in [2.05, 4.69) is 15.0 Å². The lowest BCUT2D eigenvalue weighted by Crippen LogP contribution is -2.30. The molecule has 0 radical (unpaired) electrons. The number of thiocarbonyl (C=S) groups is 1. The number of halogens is 2. The molecule has 2 aromatic carbocycles. The van der Waals surface area contributed by atoms with E-state index in [0.29, 0.717) is 20.8 Å². The number of rotatable bonds is 6. The zero-order chi connectivity index (χ0) is 26.3. The molecule has 2 aromatic heterocycles. The summed E-state index contributed by atoms with van der Waals surface area (Å²) >= 11 is 18.6. The van der Waals surface area contributed by atoms with E-state index >= 15 is 0 Å². The van der Waals surface area contributed by atoms with Crippen LogP contribution in [-0.2, 0) is 10.0 Å². The molecule has 7 nitrogen and oxygen atoms in total. The van der Waals surface area contributed by atoms with Gasteiger partial charge in [0, 0.05) is 28.8 Å². The van der Waals surface area contributed by atoms with Gasteiger partial charge in [-0.15, -0.1) is 0 Å². The highest BCUT2D eigenvalue weighted by Gasteiger charge is 2.42. The van der Waals surface area contributed by atoms with Gasteiger partial charge < -0.3 is 14.8 Å². The first-order chi connectivity index (χ1) is 17.6. The molecule has 0 spiro atoms. The van der Waals surface area contributed by atoms with Crippen molar-refractivity contribution in [1.29, 1.82) is 0 Å². The summed E-state index contributed by atoms with van der Waals surface area (Å²) in [4.78, 5) is 6.64. The Kier molecular flexibility index (Phi) is 6.89. The molecule has 2 unspecified atom stereocenters. The quantitative estimate of drug-likeness (QED) is 0.275. The smallest absolute Gasteiger partial charge is 0.229 e. The van der Waals surface area contributed by atoms with Gasteiger partial charge in [0.15, 0.2) is 5.11 Å². The van der Waals surface area contributed by atoms with Crippen molar-refractivity contribution >= 4 is 61.9 Å². The van der Waals surface area contributed by atoms with Crippen LogP contribution in [0.2, 0.25) is 10.0 Å². The van der Waals surface area contributed by atoms with Crippen molar-refractivity contribution in [3.8, 4) is 5.69 Å². The van der Waals surface area contributed by atoms with Crippen LogP contribution in [0, 0.1) is 6.92 Å². The van der Waals surface area contributed by atoms with Crippen molar-refractivity contribution in [3.05, 3.63) is 106 Å². The number of benzene rings is 2. The van der Waals surface area contributed by atoms with Crippen LogP contribution in [0.25, 0.3) is 5.69 Å². The van der Waals surface area contributed by atoms with E-state index in [1.165, 1.54) is 0 Å². The third-order valence-corrected chi connectivity index (χ3v) is 7.58. The van der Waals surface area contributed by atoms with Crippen LogP contribution in [-0.4, -0.2) is 29.3 Å². The molecular weight excluding hydrogens is 549 g/mol. The number of sulfonamides is 1. The van der Waals surface area contributed by atoms with Crippen molar-refractivity contribution in [2.45, 2.75) is 19.0 Å². The van der Waals surface area contributed by atoms with Gasteiger partial charge in [0.2, 0.25) is 10.0 Å². The Balaban J connectivity index is 1.65. The molecule has 1 aliphatic rings. The maximum atomic E-state index is 11.8. The Morgan fingerprint density at radius 2 is 1.86 bits per heavy atom. The van der Waals surface area contributed by atoms with E-state index in [1.807, 2.05) is 71.1 Å². The van der Waals surface area contributed by atoms with Gasteiger partial charge in [-0.2, -0.15) is 0 Å². The fourth-order valence-electron chi connectivity index (χ4n) is 4.58. The summed E-state index contributed by atoms with van der Waals surface area (Å²) < 4.78 is 28.2. The predicted molar refractivity (Wildman–Crippen MR) is 153 cm³/mol. The second-order valence-electron chi connectivity index (χ2n) is 8.77. The van der Waals surface area contributed by atoms with Gasteiger partial charge in [-0.05, 0) is 85.4 Å². The first-order valence-electron chi connectivity index (χ1n) is 11.3. The Morgan fingerprint density at radius 3 is 2.54 bits per heavy atom. The number of aryl methyl sites for hydroxylation is 1. The molecule has 1 aliphatic heterocycles. The summed E-state index contributed by atoms with van der Waals surface area (Å²) in [6.45, 7) is 1.85. The molecule has 0 amide bonds. The third-order valence-electron chi connectivity index (χ3n) is 6.13. The molecule has 2 atom stereocenters. The van der Waals surface area contributed by atoms with Crippen molar-refractivity contribution in [1.82, 2.24) is 14.9 Å². The minimum Gasteiger partial charge on any atom is -0.351 e. The van der Waals surface area contributed by atoms with Crippen LogP contribution >= 0.6 is 35.4 Å². The molecule has 1 fully saturated rings. The number of hydrogen-bond acceptors (Lipinski definition) is 4. The lowest BCUT2D eigenvalue weighted by molar-refractivity contribution is 0.549. The zero-order valence-corrected chi connectivity index (χ0v) is 23.0. The van der Waals surface area contributed by atoms with Crippen molar-refractivity contribution in [3.63, 3.8) is 0 Å². The average molecular weight is 573 g/mol. The molecule has 3 heterocycles. The second-order valence-corrected chi connectivity index (χ2v) is 11.7. The van der Waals surface area contributed by atoms with E-state index < -0.39 is 10.0 Å². The van der Waals surface area contributed by atoms with Crippen molar-refractivity contribution in [2.24, 2.45) is 0 Å². The molecule has 190 valence electrons. The number of nitrogens with one attached hydrogen (secondary N) is 2. The van der Waals surface area contributed by atoms with E-state index in [9.17, 15) is 8.42 Å². The summed E-state index contributed by atoms with van der Waals surface area (Å²) in [5.41, 5.74) is 4.64. The molecule has 0 bridgehead atoms. The standard InChI is InChI=1S/C26H23Cl2N5O2S2/c1-16-14-18(9-10-20(16)31-37(2,34)35)33-25(24(30-26(33)36)21-6-3-4-12-29-21)23-7-5-13-32(23)22-11-8-17(27)15-19(22)28/h3-15,24-25,31H,1-2H3,(H,30,36). The highest BCUT2D eigenvalue weighted by atomic mass is 35.5. The first-order valence-corrected chi connectivity index (χ1v) is 14.4. The lowest BCUT2D eigenvalue weighted by atomic mass is 10.0. The minimum atomic E-state index is -3.41. The maximum Gasteiger partial charge on any atom is 0.229 e. The van der Waals surface area contributed by atoms with Crippen LogP contribution in [0.15, 0.2) is 79.1 Å². The van der Waals surface area contributed by atoms with Gasteiger partial charge in [0.05, 0.1) is 34.4 Å². The van der Waals surface area contributed by atoms with Gasteiger partial charge in [-0.25, -0.2) is 8.42 Å². The van der Waals surface area contributed by atoms with Crippen LogP contribution in [0.5, 0.6) is 0 Å². The monoisotopic (exact) mass is 571 g/mol. The van der Waals surface area contributed by atoms with Crippen LogP contribution in [0.4, 0.5) is 11.4 Å². The summed E-state index contributed by atoms with van der Waals surface area (Å²) in [5.74, 6) is 0. The SMILES string of the molecule is Cc1cc(N2C(=S)NC(c3ccccn3)C2c2cccn2-c2ccc(Cl)cc2Cl)ccc1NS(C)(=O)=O. The fraction of sp³-hybridized carbons (Fsp3) is 0.154. The number of pyridine rings is 1. The van der Waals surface area contributed by atoms with Gasteiger partial charge in [-0.1, -0.05) is 29.3 Å². The van der Waals surface area contributed by atoms with E-state index in [-0.39, 0.29) is 12.1 Å². The number of hydrogen-bond donors (Lipinski definition) is 2. The normalized spacial score (nSPS) is 17.6. The molecule has 0 saturated carbocycles. The van der Waals surface area contributed by atoms with Crippen LogP contribution in [0.3, 0.4) is 0 Å². The van der Waals surface area contributed by atoms with E-state index in [1.54, 1.807) is 24.4 Å². The van der Waals surface area contributed by atoms with Crippen molar-refractivity contribution in [2.75, 3.05) is 15.9 Å². The minimum absolute atomic E-state index is 0.262.